The van der Waals surface area contributed by atoms with Crippen LogP contribution in [0.4, 0.5) is 0 Å². The monoisotopic (exact) mass is 284 g/mol. The van der Waals surface area contributed by atoms with Gasteiger partial charge in [-0.1, -0.05) is 19.3 Å². The fourth-order valence-electron chi connectivity index (χ4n) is 2.98. The van der Waals surface area contributed by atoms with Crippen molar-refractivity contribution in [2.24, 2.45) is 0 Å². The van der Waals surface area contributed by atoms with E-state index in [0.29, 0.717) is 5.54 Å². The van der Waals surface area contributed by atoms with Gasteiger partial charge in [0.15, 0.2) is 0 Å². The van der Waals surface area contributed by atoms with E-state index in [9.17, 15) is 0 Å². The van der Waals surface area contributed by atoms with Crippen LogP contribution in [-0.2, 0) is 0 Å². The van der Waals surface area contributed by atoms with Crippen LogP contribution in [-0.4, -0.2) is 22.7 Å². The Morgan fingerprint density at radius 1 is 0.600 bits per heavy atom. The van der Waals surface area contributed by atoms with Gasteiger partial charge in [-0.15, -0.1) is 0 Å². The average molecular weight is 285 g/mol. The molecule has 0 aromatic rings. The lowest BCUT2D eigenvalue weighted by atomic mass is 9.93. The lowest BCUT2D eigenvalue weighted by Crippen LogP contribution is -2.48. The summed E-state index contributed by atoms with van der Waals surface area (Å²) in [5, 5.41) is 7.12. The van der Waals surface area contributed by atoms with Crippen molar-refractivity contribution < 1.29 is 0 Å². The maximum absolute atomic E-state index is 3.66. The minimum atomic E-state index is 0.234. The van der Waals surface area contributed by atoms with Crippen molar-refractivity contribution in [3.63, 3.8) is 0 Å². The summed E-state index contributed by atoms with van der Waals surface area (Å²) in [5.74, 6) is 0. The summed E-state index contributed by atoms with van der Waals surface area (Å²) < 4.78 is 0. The molecule has 1 rings (SSSR count). The summed E-state index contributed by atoms with van der Waals surface area (Å²) in [6.45, 7) is 19.8. The van der Waals surface area contributed by atoms with E-state index in [1.807, 2.05) is 0 Å². The van der Waals surface area contributed by atoms with Crippen LogP contribution in [0, 0.1) is 0 Å². The molecule has 122 valence electrons. The minimum absolute atomic E-state index is 0.234. The van der Waals surface area contributed by atoms with E-state index in [0.717, 1.165) is 6.04 Å². The van der Waals surface area contributed by atoms with Crippen molar-refractivity contribution in [2.75, 3.05) is 0 Å². The minimum Gasteiger partial charge on any atom is -0.309 e. The number of nitrogens with one attached hydrogen (secondary N) is 2. The van der Waals surface area contributed by atoms with E-state index in [4.69, 9.17) is 0 Å². The van der Waals surface area contributed by atoms with E-state index >= 15 is 0 Å². The van der Waals surface area contributed by atoms with Gasteiger partial charge in [0.25, 0.3) is 0 Å². The molecular weight excluding hydrogens is 244 g/mol. The van der Waals surface area contributed by atoms with Crippen molar-refractivity contribution >= 4 is 0 Å². The van der Waals surface area contributed by atoms with Crippen molar-refractivity contribution in [2.45, 2.75) is 117 Å². The second-order valence-electron chi connectivity index (χ2n) is 9.35. The molecule has 0 saturated heterocycles. The topological polar surface area (TPSA) is 24.1 Å². The molecule has 0 atom stereocenters. The smallest absolute Gasteiger partial charge is 0.0101 e. The van der Waals surface area contributed by atoms with Gasteiger partial charge in [-0.3, -0.25) is 0 Å². The molecule has 2 nitrogen and oxygen atoms in total. The molecular formula is C18H40N2. The van der Waals surface area contributed by atoms with Gasteiger partial charge in [0.1, 0.15) is 0 Å². The third-order valence-corrected chi connectivity index (χ3v) is 2.99. The van der Waals surface area contributed by atoms with E-state index in [1.165, 1.54) is 32.1 Å². The van der Waals surface area contributed by atoms with Crippen molar-refractivity contribution in [1.82, 2.24) is 10.6 Å². The zero-order chi connectivity index (χ0) is 16.0. The molecule has 0 bridgehead atoms. The van der Waals surface area contributed by atoms with Gasteiger partial charge >= 0.3 is 0 Å². The number of rotatable bonds is 1. The van der Waals surface area contributed by atoms with Crippen LogP contribution < -0.4 is 10.6 Å². The SMILES string of the molecule is CC(C)(C)NC(C)(C)C.CC(C)(C)NC1CCCCC1. The zero-order valence-electron chi connectivity index (χ0n) is 15.6. The highest BCUT2D eigenvalue weighted by atomic mass is 15.0. The molecule has 2 N–H and O–H groups in total. The van der Waals surface area contributed by atoms with E-state index < -0.39 is 0 Å². The molecule has 1 aliphatic rings. The van der Waals surface area contributed by atoms with Crippen LogP contribution in [0.5, 0.6) is 0 Å². The Kier molecular flexibility index (Phi) is 7.76. The van der Waals surface area contributed by atoms with Crippen molar-refractivity contribution in [3.05, 3.63) is 0 Å². The quantitative estimate of drug-likeness (QED) is 0.717. The normalized spacial score (nSPS) is 18.4. The van der Waals surface area contributed by atoms with Gasteiger partial charge in [-0.05, 0) is 75.2 Å². The standard InChI is InChI=1S/C10H21N.C8H19N/c1-10(2,3)11-9-7-5-4-6-8-9;1-7(2,3)9-8(4,5)6/h9,11H,4-8H2,1-3H3;9H,1-6H3. The second kappa shape index (κ2) is 7.79. The highest BCUT2D eigenvalue weighted by Gasteiger charge is 2.19. The van der Waals surface area contributed by atoms with Crippen LogP contribution in [0.15, 0.2) is 0 Å². The van der Waals surface area contributed by atoms with Gasteiger partial charge in [0.2, 0.25) is 0 Å². The molecule has 1 saturated carbocycles. The number of hydrogen-bond donors (Lipinski definition) is 2. The fraction of sp³-hybridized carbons (Fsp3) is 1.00. The first-order valence-corrected chi connectivity index (χ1v) is 8.36. The molecule has 0 heterocycles. The predicted octanol–water partition coefficient (Wildman–Crippen LogP) is 4.88. The van der Waals surface area contributed by atoms with Crippen LogP contribution in [0.25, 0.3) is 0 Å². The maximum atomic E-state index is 3.66. The first-order chi connectivity index (χ1) is 8.79. The molecule has 0 aromatic heterocycles. The Morgan fingerprint density at radius 2 is 1.00 bits per heavy atom. The molecule has 0 spiro atoms. The first-order valence-electron chi connectivity index (χ1n) is 8.36. The Hall–Kier alpha value is -0.0800. The number of hydrogen-bond acceptors (Lipinski definition) is 2. The molecule has 1 fully saturated rings. The molecule has 1 aliphatic carbocycles. The zero-order valence-corrected chi connectivity index (χ0v) is 15.6. The lowest BCUT2D eigenvalue weighted by molar-refractivity contribution is 0.295. The molecule has 20 heavy (non-hydrogen) atoms. The summed E-state index contributed by atoms with van der Waals surface area (Å²) in [4.78, 5) is 0. The molecule has 0 aliphatic heterocycles. The van der Waals surface area contributed by atoms with Crippen molar-refractivity contribution in [3.8, 4) is 0 Å². The largest absolute Gasteiger partial charge is 0.309 e. The third-order valence-electron chi connectivity index (χ3n) is 2.99. The van der Waals surface area contributed by atoms with E-state index in [2.05, 4.69) is 72.9 Å². The Bertz CT molecular complexity index is 232. The van der Waals surface area contributed by atoms with Gasteiger partial charge in [-0.2, -0.15) is 0 Å². The highest BCUT2D eigenvalue weighted by Crippen LogP contribution is 2.19. The van der Waals surface area contributed by atoms with Crippen LogP contribution >= 0.6 is 0 Å². The summed E-state index contributed by atoms with van der Waals surface area (Å²) >= 11 is 0. The summed E-state index contributed by atoms with van der Waals surface area (Å²) in [7, 11) is 0. The predicted molar refractivity (Wildman–Crippen MR) is 92.4 cm³/mol. The molecule has 0 aromatic carbocycles. The Morgan fingerprint density at radius 3 is 1.25 bits per heavy atom. The van der Waals surface area contributed by atoms with Gasteiger partial charge < -0.3 is 10.6 Å². The molecule has 0 unspecified atom stereocenters. The maximum Gasteiger partial charge on any atom is 0.0101 e. The van der Waals surface area contributed by atoms with Gasteiger partial charge in [0.05, 0.1) is 0 Å². The first kappa shape index (κ1) is 19.9. The van der Waals surface area contributed by atoms with E-state index in [1.54, 1.807) is 0 Å². The van der Waals surface area contributed by atoms with E-state index in [-0.39, 0.29) is 11.1 Å². The highest BCUT2D eigenvalue weighted by molar-refractivity contribution is 4.81. The van der Waals surface area contributed by atoms with Crippen LogP contribution in [0.2, 0.25) is 0 Å². The molecule has 0 amide bonds. The Balaban J connectivity index is 0.000000370. The Labute approximate surface area is 128 Å². The summed E-state index contributed by atoms with van der Waals surface area (Å²) in [6.07, 6.45) is 7.07. The fourth-order valence-corrected chi connectivity index (χ4v) is 2.98. The van der Waals surface area contributed by atoms with Crippen LogP contribution in [0.3, 0.4) is 0 Å². The third kappa shape index (κ3) is 14.3. The summed E-state index contributed by atoms with van der Waals surface area (Å²) in [6, 6.07) is 0.795. The van der Waals surface area contributed by atoms with Gasteiger partial charge in [0, 0.05) is 22.7 Å². The molecule has 2 heteroatoms. The van der Waals surface area contributed by atoms with Crippen molar-refractivity contribution in [1.29, 1.82) is 0 Å². The average Bonchev–Trinajstić information content (AvgIpc) is 2.10. The lowest BCUT2D eigenvalue weighted by Gasteiger charge is -2.31. The summed E-state index contributed by atoms with van der Waals surface area (Å²) in [5.41, 5.74) is 0.776. The second-order valence-corrected chi connectivity index (χ2v) is 9.35. The van der Waals surface area contributed by atoms with Crippen LogP contribution in [0.1, 0.15) is 94.4 Å². The molecule has 0 radical (unpaired) electrons. The van der Waals surface area contributed by atoms with Gasteiger partial charge in [-0.25, -0.2) is 0 Å².